The van der Waals surface area contributed by atoms with Gasteiger partial charge in [0, 0.05) is 19.0 Å². The number of aromatic nitrogens is 2. The maximum Gasteiger partial charge on any atom is 0.311 e. The molecule has 0 unspecified atom stereocenters. The van der Waals surface area contributed by atoms with Gasteiger partial charge in [0.25, 0.3) is 5.89 Å². The summed E-state index contributed by atoms with van der Waals surface area (Å²) in [6.45, 7) is 2.10. The van der Waals surface area contributed by atoms with E-state index in [2.05, 4.69) is 10.1 Å². The molecule has 20 heavy (non-hydrogen) atoms. The van der Waals surface area contributed by atoms with Gasteiger partial charge >= 0.3 is 5.69 Å². The van der Waals surface area contributed by atoms with Gasteiger partial charge in [-0.1, -0.05) is 18.1 Å². The van der Waals surface area contributed by atoms with Crippen molar-refractivity contribution in [2.45, 2.75) is 26.5 Å². The van der Waals surface area contributed by atoms with E-state index in [9.17, 15) is 10.1 Å². The van der Waals surface area contributed by atoms with Gasteiger partial charge in [0.15, 0.2) is 18.2 Å². The molecule has 106 valence electrons. The first-order chi connectivity index (χ1) is 9.63. The summed E-state index contributed by atoms with van der Waals surface area (Å²) in [5.74, 6) is 0.985. The van der Waals surface area contributed by atoms with E-state index in [0.717, 1.165) is 0 Å². The highest BCUT2D eigenvalue weighted by Crippen LogP contribution is 2.28. The fraction of sp³-hybridized carbons (Fsp3) is 0.333. The normalized spacial score (nSPS) is 10.5. The van der Waals surface area contributed by atoms with Gasteiger partial charge in [-0.3, -0.25) is 10.1 Å². The Labute approximate surface area is 114 Å². The van der Waals surface area contributed by atoms with Crippen LogP contribution in [0, 0.1) is 10.1 Å². The predicted molar refractivity (Wildman–Crippen MR) is 69.0 cm³/mol. The third kappa shape index (κ3) is 3.09. The summed E-state index contributed by atoms with van der Waals surface area (Å²) in [5, 5.41) is 14.7. The summed E-state index contributed by atoms with van der Waals surface area (Å²) >= 11 is 0. The standard InChI is InChI=1S/C12H14N4O4/c1-2-11-14-12(20-15-11)7-19-10-4-3-8(6-13)5-9(10)16(17)18/h3-5H,2,6-7,13H2,1H3. The highest BCUT2D eigenvalue weighted by atomic mass is 16.6. The number of aryl methyl sites for hydroxylation is 1. The molecule has 0 saturated heterocycles. The Morgan fingerprint density at radius 1 is 1.50 bits per heavy atom. The molecule has 1 heterocycles. The molecule has 1 aromatic heterocycles. The van der Waals surface area contributed by atoms with Crippen molar-refractivity contribution in [3.8, 4) is 5.75 Å². The minimum atomic E-state index is -0.514. The maximum absolute atomic E-state index is 11.0. The van der Waals surface area contributed by atoms with Crippen molar-refractivity contribution in [3.05, 3.63) is 45.6 Å². The monoisotopic (exact) mass is 278 g/mol. The summed E-state index contributed by atoms with van der Waals surface area (Å²) < 4.78 is 10.3. The van der Waals surface area contributed by atoms with Crippen LogP contribution in [0.1, 0.15) is 24.2 Å². The first kappa shape index (κ1) is 13.9. The number of nitro benzene ring substituents is 1. The molecule has 0 amide bonds. The van der Waals surface area contributed by atoms with E-state index in [0.29, 0.717) is 17.8 Å². The average Bonchev–Trinajstić information content (AvgIpc) is 2.92. The van der Waals surface area contributed by atoms with Crippen LogP contribution in [0.5, 0.6) is 5.75 Å². The van der Waals surface area contributed by atoms with E-state index in [-0.39, 0.29) is 30.5 Å². The van der Waals surface area contributed by atoms with Gasteiger partial charge in [-0.05, 0) is 11.6 Å². The quantitative estimate of drug-likeness (QED) is 0.629. The molecule has 0 bridgehead atoms. The van der Waals surface area contributed by atoms with Crippen LogP contribution in [0.25, 0.3) is 0 Å². The lowest BCUT2D eigenvalue weighted by Crippen LogP contribution is -2.02. The van der Waals surface area contributed by atoms with Crippen molar-refractivity contribution in [2.75, 3.05) is 0 Å². The maximum atomic E-state index is 11.0. The second kappa shape index (κ2) is 6.11. The summed E-state index contributed by atoms with van der Waals surface area (Å²) in [6, 6.07) is 4.58. The van der Waals surface area contributed by atoms with E-state index < -0.39 is 4.92 Å². The third-order valence-electron chi connectivity index (χ3n) is 2.63. The largest absolute Gasteiger partial charge is 0.477 e. The molecule has 1 aromatic carbocycles. The van der Waals surface area contributed by atoms with E-state index in [1.54, 1.807) is 6.07 Å². The number of nitro groups is 1. The van der Waals surface area contributed by atoms with Crippen molar-refractivity contribution in [1.29, 1.82) is 0 Å². The Morgan fingerprint density at radius 2 is 2.30 bits per heavy atom. The van der Waals surface area contributed by atoms with Crippen LogP contribution in [0.2, 0.25) is 0 Å². The molecule has 0 spiro atoms. The van der Waals surface area contributed by atoms with Gasteiger partial charge < -0.3 is 15.0 Å². The molecular formula is C12H14N4O4. The van der Waals surface area contributed by atoms with Crippen molar-refractivity contribution >= 4 is 5.69 Å². The van der Waals surface area contributed by atoms with E-state index in [1.807, 2.05) is 6.92 Å². The Balaban J connectivity index is 2.14. The summed E-state index contributed by atoms with van der Waals surface area (Å²) in [5.41, 5.74) is 5.98. The molecule has 2 aromatic rings. The van der Waals surface area contributed by atoms with E-state index in [1.165, 1.54) is 12.1 Å². The Hall–Kier alpha value is -2.48. The van der Waals surface area contributed by atoms with Crippen LogP contribution in [0.15, 0.2) is 22.7 Å². The number of ether oxygens (including phenoxy) is 1. The minimum Gasteiger partial charge on any atom is -0.477 e. The SMILES string of the molecule is CCc1noc(COc2ccc(CN)cc2[N+](=O)[O-])n1. The zero-order chi connectivity index (χ0) is 14.5. The number of hydrogen-bond acceptors (Lipinski definition) is 7. The Kier molecular flexibility index (Phi) is 4.26. The molecule has 0 aliphatic heterocycles. The minimum absolute atomic E-state index is 0.0180. The van der Waals surface area contributed by atoms with E-state index >= 15 is 0 Å². The fourth-order valence-electron chi connectivity index (χ4n) is 1.59. The second-order valence-corrected chi connectivity index (χ2v) is 4.01. The van der Waals surface area contributed by atoms with Crippen LogP contribution in [0.4, 0.5) is 5.69 Å². The first-order valence-corrected chi connectivity index (χ1v) is 6.05. The number of benzene rings is 1. The van der Waals surface area contributed by atoms with Gasteiger partial charge in [-0.25, -0.2) is 0 Å². The average molecular weight is 278 g/mol. The molecule has 8 nitrogen and oxygen atoms in total. The Bertz CT molecular complexity index is 611. The van der Waals surface area contributed by atoms with Crippen molar-refractivity contribution < 1.29 is 14.2 Å². The lowest BCUT2D eigenvalue weighted by atomic mass is 10.2. The van der Waals surface area contributed by atoms with Crippen molar-refractivity contribution in [1.82, 2.24) is 10.1 Å². The summed E-state index contributed by atoms with van der Waals surface area (Å²) in [6.07, 6.45) is 0.648. The number of rotatable bonds is 6. The van der Waals surface area contributed by atoms with Crippen LogP contribution < -0.4 is 10.5 Å². The predicted octanol–water partition coefficient (Wildman–Crippen LogP) is 1.58. The van der Waals surface area contributed by atoms with Crippen LogP contribution >= 0.6 is 0 Å². The second-order valence-electron chi connectivity index (χ2n) is 4.01. The lowest BCUT2D eigenvalue weighted by molar-refractivity contribution is -0.386. The highest BCUT2D eigenvalue weighted by molar-refractivity contribution is 5.48. The zero-order valence-corrected chi connectivity index (χ0v) is 10.9. The molecule has 0 radical (unpaired) electrons. The third-order valence-corrected chi connectivity index (χ3v) is 2.63. The van der Waals surface area contributed by atoms with Gasteiger partial charge in [0.05, 0.1) is 4.92 Å². The van der Waals surface area contributed by atoms with Gasteiger partial charge in [-0.2, -0.15) is 4.98 Å². The lowest BCUT2D eigenvalue weighted by Gasteiger charge is -2.05. The molecule has 0 saturated carbocycles. The smallest absolute Gasteiger partial charge is 0.311 e. The van der Waals surface area contributed by atoms with Crippen LogP contribution in [-0.2, 0) is 19.6 Å². The number of nitrogens with zero attached hydrogens (tertiary/aromatic N) is 3. The Morgan fingerprint density at radius 3 is 2.90 bits per heavy atom. The highest BCUT2D eigenvalue weighted by Gasteiger charge is 2.17. The van der Waals surface area contributed by atoms with Crippen molar-refractivity contribution in [3.63, 3.8) is 0 Å². The first-order valence-electron chi connectivity index (χ1n) is 6.05. The molecule has 2 rings (SSSR count). The van der Waals surface area contributed by atoms with Gasteiger partial charge in [-0.15, -0.1) is 0 Å². The summed E-state index contributed by atoms with van der Waals surface area (Å²) in [4.78, 5) is 14.5. The van der Waals surface area contributed by atoms with Crippen LogP contribution in [-0.4, -0.2) is 15.1 Å². The number of hydrogen-bond donors (Lipinski definition) is 1. The molecule has 2 N–H and O–H groups in total. The van der Waals surface area contributed by atoms with Crippen molar-refractivity contribution in [2.24, 2.45) is 5.73 Å². The molecule has 0 atom stereocenters. The van der Waals surface area contributed by atoms with Crippen LogP contribution in [0.3, 0.4) is 0 Å². The summed E-state index contributed by atoms with van der Waals surface area (Å²) in [7, 11) is 0. The molecule has 0 fully saturated rings. The number of nitrogens with two attached hydrogens (primary N) is 1. The van der Waals surface area contributed by atoms with E-state index in [4.69, 9.17) is 15.0 Å². The topological polar surface area (TPSA) is 117 Å². The van der Waals surface area contributed by atoms with Gasteiger partial charge in [0.2, 0.25) is 0 Å². The molecular weight excluding hydrogens is 264 g/mol. The fourth-order valence-corrected chi connectivity index (χ4v) is 1.59. The van der Waals surface area contributed by atoms with Gasteiger partial charge in [0.1, 0.15) is 0 Å². The molecule has 0 aliphatic carbocycles. The zero-order valence-electron chi connectivity index (χ0n) is 10.9. The molecule has 8 heteroatoms. The molecule has 0 aliphatic rings.